The SMILES string of the molecule is C/C=C\C=C/CC1=C2CC(=CC=C1C)C=C(O)N2[C@@H](C)CC. The van der Waals surface area contributed by atoms with Crippen LogP contribution in [0.4, 0.5) is 0 Å². The van der Waals surface area contributed by atoms with E-state index in [1.807, 2.05) is 19.1 Å². The van der Waals surface area contributed by atoms with Gasteiger partial charge in [0, 0.05) is 24.2 Å². The van der Waals surface area contributed by atoms with Gasteiger partial charge in [0.1, 0.15) is 0 Å². The Morgan fingerprint density at radius 1 is 1.32 bits per heavy atom. The molecular formula is C20H27NO. The second kappa shape index (κ2) is 7.35. The monoisotopic (exact) mass is 297 g/mol. The highest BCUT2D eigenvalue weighted by atomic mass is 16.3. The van der Waals surface area contributed by atoms with Gasteiger partial charge in [0.05, 0.1) is 0 Å². The molecule has 2 aliphatic rings. The van der Waals surface area contributed by atoms with E-state index in [1.165, 1.54) is 22.4 Å². The van der Waals surface area contributed by atoms with Crippen molar-refractivity contribution < 1.29 is 5.11 Å². The fraction of sp³-hybridized carbons (Fsp3) is 0.400. The summed E-state index contributed by atoms with van der Waals surface area (Å²) in [6.07, 6.45) is 17.4. The Balaban J connectivity index is 2.45. The van der Waals surface area contributed by atoms with Crippen molar-refractivity contribution in [3.05, 3.63) is 70.8 Å². The number of rotatable bonds is 5. The molecule has 0 saturated heterocycles. The van der Waals surface area contributed by atoms with Crippen LogP contribution in [0.5, 0.6) is 0 Å². The first-order chi connectivity index (χ1) is 10.6. The van der Waals surface area contributed by atoms with Gasteiger partial charge >= 0.3 is 0 Å². The number of hydrogen-bond acceptors (Lipinski definition) is 2. The largest absolute Gasteiger partial charge is 0.494 e. The minimum Gasteiger partial charge on any atom is -0.494 e. The van der Waals surface area contributed by atoms with Crippen LogP contribution in [0.25, 0.3) is 0 Å². The minimum atomic E-state index is 0.299. The van der Waals surface area contributed by atoms with Gasteiger partial charge in [-0.3, -0.25) is 0 Å². The Morgan fingerprint density at radius 2 is 2.09 bits per heavy atom. The van der Waals surface area contributed by atoms with Gasteiger partial charge in [0.15, 0.2) is 5.88 Å². The molecule has 0 amide bonds. The van der Waals surface area contributed by atoms with Gasteiger partial charge in [0.2, 0.25) is 0 Å². The smallest absolute Gasteiger partial charge is 0.191 e. The summed E-state index contributed by atoms with van der Waals surface area (Å²) in [7, 11) is 0. The van der Waals surface area contributed by atoms with E-state index in [0.29, 0.717) is 11.9 Å². The average Bonchev–Trinajstić information content (AvgIpc) is 2.62. The van der Waals surface area contributed by atoms with Crippen LogP contribution in [0.2, 0.25) is 0 Å². The molecule has 2 nitrogen and oxygen atoms in total. The Bertz CT molecular complexity index is 599. The first kappa shape index (κ1) is 16.4. The highest BCUT2D eigenvalue weighted by Gasteiger charge is 2.28. The molecule has 0 aromatic rings. The lowest BCUT2D eigenvalue weighted by Gasteiger charge is -2.36. The zero-order valence-corrected chi connectivity index (χ0v) is 14.1. The van der Waals surface area contributed by atoms with Gasteiger partial charge in [-0.2, -0.15) is 0 Å². The van der Waals surface area contributed by atoms with Gasteiger partial charge in [-0.15, -0.1) is 0 Å². The topological polar surface area (TPSA) is 23.5 Å². The van der Waals surface area contributed by atoms with E-state index in [2.05, 4.69) is 56.1 Å². The quantitative estimate of drug-likeness (QED) is 0.672. The normalized spacial score (nSPS) is 20.2. The second-order valence-corrected chi connectivity index (χ2v) is 5.98. The highest BCUT2D eigenvalue weighted by molar-refractivity contribution is 5.48. The van der Waals surface area contributed by atoms with E-state index in [0.717, 1.165) is 19.3 Å². The number of aliphatic hydroxyl groups is 1. The number of fused-ring (bicyclic) bond motifs is 2. The molecular weight excluding hydrogens is 270 g/mol. The average molecular weight is 297 g/mol. The molecule has 0 radical (unpaired) electrons. The summed E-state index contributed by atoms with van der Waals surface area (Å²) in [5.41, 5.74) is 5.04. The summed E-state index contributed by atoms with van der Waals surface area (Å²) in [6.45, 7) is 8.52. The van der Waals surface area contributed by atoms with E-state index in [-0.39, 0.29) is 0 Å². The van der Waals surface area contributed by atoms with Crippen molar-refractivity contribution in [3.63, 3.8) is 0 Å². The molecule has 2 heteroatoms. The fourth-order valence-electron chi connectivity index (χ4n) is 2.95. The summed E-state index contributed by atoms with van der Waals surface area (Å²) in [5.74, 6) is 0.375. The highest BCUT2D eigenvalue weighted by Crippen LogP contribution is 2.37. The molecule has 0 fully saturated rings. The molecule has 0 spiro atoms. The third kappa shape index (κ3) is 3.44. The maximum Gasteiger partial charge on any atom is 0.191 e. The van der Waals surface area contributed by atoms with Crippen molar-refractivity contribution in [2.24, 2.45) is 0 Å². The summed E-state index contributed by atoms with van der Waals surface area (Å²) >= 11 is 0. The molecule has 0 saturated carbocycles. The van der Waals surface area contributed by atoms with Crippen LogP contribution in [0.3, 0.4) is 0 Å². The standard InChI is InChI=1S/C20H27NO/c1-5-7-8-9-10-18-15(3)11-12-17-13-19(18)21(16(4)6-2)20(22)14-17/h5,7-9,11-12,14,16,22H,6,10,13H2,1-4H3/b7-5-,9-8-/t16-/m0/s1. The fourth-order valence-corrected chi connectivity index (χ4v) is 2.95. The third-order valence-corrected chi connectivity index (χ3v) is 4.39. The molecule has 118 valence electrons. The van der Waals surface area contributed by atoms with E-state index in [4.69, 9.17) is 0 Å². The lowest BCUT2D eigenvalue weighted by Crippen LogP contribution is -2.34. The van der Waals surface area contributed by atoms with Crippen LogP contribution in [0.15, 0.2) is 70.8 Å². The summed E-state index contributed by atoms with van der Waals surface area (Å²) in [6, 6.07) is 0.299. The Kier molecular flexibility index (Phi) is 5.48. The van der Waals surface area contributed by atoms with Crippen molar-refractivity contribution in [2.45, 2.75) is 53.0 Å². The van der Waals surface area contributed by atoms with Gasteiger partial charge in [-0.05, 0) is 50.3 Å². The number of allylic oxidation sites excluding steroid dienone is 10. The lowest BCUT2D eigenvalue weighted by atomic mass is 9.96. The third-order valence-electron chi connectivity index (χ3n) is 4.39. The lowest BCUT2D eigenvalue weighted by molar-refractivity contribution is 0.185. The van der Waals surface area contributed by atoms with Crippen molar-refractivity contribution in [1.29, 1.82) is 0 Å². The number of aliphatic hydroxyl groups excluding tert-OH is 1. The van der Waals surface area contributed by atoms with Crippen molar-refractivity contribution in [3.8, 4) is 0 Å². The summed E-state index contributed by atoms with van der Waals surface area (Å²) < 4.78 is 0. The minimum absolute atomic E-state index is 0.299. The van der Waals surface area contributed by atoms with Gasteiger partial charge in [-0.25, -0.2) is 0 Å². The Hall–Kier alpha value is -1.96. The number of nitrogens with zero attached hydrogens (tertiary/aromatic N) is 1. The van der Waals surface area contributed by atoms with Crippen molar-refractivity contribution in [1.82, 2.24) is 4.90 Å². The van der Waals surface area contributed by atoms with E-state index in [9.17, 15) is 5.11 Å². The van der Waals surface area contributed by atoms with Gasteiger partial charge in [0.25, 0.3) is 0 Å². The van der Waals surface area contributed by atoms with Crippen molar-refractivity contribution >= 4 is 0 Å². The molecule has 1 heterocycles. The van der Waals surface area contributed by atoms with Gasteiger partial charge < -0.3 is 10.0 Å². The van der Waals surface area contributed by atoms with Crippen LogP contribution < -0.4 is 0 Å². The molecule has 2 bridgehead atoms. The van der Waals surface area contributed by atoms with E-state index < -0.39 is 0 Å². The van der Waals surface area contributed by atoms with E-state index >= 15 is 0 Å². The maximum absolute atomic E-state index is 10.5. The summed E-state index contributed by atoms with van der Waals surface area (Å²) in [4.78, 5) is 2.11. The molecule has 2 rings (SSSR count). The zero-order chi connectivity index (χ0) is 16.1. The number of hydrogen-bond donors (Lipinski definition) is 1. The van der Waals surface area contributed by atoms with Crippen LogP contribution in [-0.2, 0) is 0 Å². The predicted molar refractivity (Wildman–Crippen MR) is 94.4 cm³/mol. The molecule has 22 heavy (non-hydrogen) atoms. The van der Waals surface area contributed by atoms with Crippen LogP contribution in [-0.4, -0.2) is 16.0 Å². The molecule has 0 aromatic heterocycles. The Morgan fingerprint density at radius 3 is 2.77 bits per heavy atom. The summed E-state index contributed by atoms with van der Waals surface area (Å²) in [5, 5.41) is 10.5. The first-order valence-corrected chi connectivity index (χ1v) is 8.16. The van der Waals surface area contributed by atoms with Crippen LogP contribution >= 0.6 is 0 Å². The molecule has 1 N–H and O–H groups in total. The predicted octanol–water partition coefficient (Wildman–Crippen LogP) is 5.55. The van der Waals surface area contributed by atoms with Crippen LogP contribution in [0.1, 0.15) is 47.0 Å². The maximum atomic E-state index is 10.5. The van der Waals surface area contributed by atoms with Gasteiger partial charge in [-0.1, -0.05) is 43.4 Å². The van der Waals surface area contributed by atoms with E-state index in [1.54, 1.807) is 0 Å². The molecule has 0 aromatic carbocycles. The second-order valence-electron chi connectivity index (χ2n) is 5.98. The molecule has 1 aliphatic heterocycles. The van der Waals surface area contributed by atoms with Crippen molar-refractivity contribution in [2.75, 3.05) is 0 Å². The Labute approximate surface area is 134 Å². The molecule has 0 unspecified atom stereocenters. The molecule has 1 atom stereocenters. The first-order valence-electron chi connectivity index (χ1n) is 8.16. The molecule has 1 aliphatic carbocycles. The van der Waals surface area contributed by atoms with Crippen LogP contribution in [0, 0.1) is 0 Å². The zero-order valence-electron chi connectivity index (χ0n) is 14.1.